The first-order valence-electron chi connectivity index (χ1n) is 5.78. The van der Waals surface area contributed by atoms with Gasteiger partial charge < -0.3 is 0 Å². The maximum atomic E-state index is 3.61. The summed E-state index contributed by atoms with van der Waals surface area (Å²) in [4.78, 5) is 2.69. The Morgan fingerprint density at radius 2 is 1.71 bits per heavy atom. The summed E-state index contributed by atoms with van der Waals surface area (Å²) in [5, 5.41) is 1.09. The molecule has 0 aromatic heterocycles. The SMILES string of the molecule is CC1CCCC(C)N1CC(C)(C)CBr. The molecule has 84 valence electrons. The summed E-state index contributed by atoms with van der Waals surface area (Å²) in [7, 11) is 0. The summed E-state index contributed by atoms with van der Waals surface area (Å²) in [6.07, 6.45) is 4.17. The van der Waals surface area contributed by atoms with E-state index in [-0.39, 0.29) is 0 Å². The van der Waals surface area contributed by atoms with Crippen LogP contribution in [0.3, 0.4) is 0 Å². The van der Waals surface area contributed by atoms with E-state index in [2.05, 4.69) is 48.5 Å². The van der Waals surface area contributed by atoms with Crippen LogP contribution in [0.4, 0.5) is 0 Å². The Morgan fingerprint density at radius 1 is 1.21 bits per heavy atom. The second-order valence-corrected chi connectivity index (χ2v) is 6.16. The van der Waals surface area contributed by atoms with Gasteiger partial charge in [-0.2, -0.15) is 0 Å². The van der Waals surface area contributed by atoms with E-state index in [4.69, 9.17) is 0 Å². The lowest BCUT2D eigenvalue weighted by Gasteiger charge is -2.43. The van der Waals surface area contributed by atoms with Gasteiger partial charge in [-0.05, 0) is 32.1 Å². The van der Waals surface area contributed by atoms with Crippen molar-refractivity contribution in [1.29, 1.82) is 0 Å². The van der Waals surface area contributed by atoms with Crippen LogP contribution in [0.5, 0.6) is 0 Å². The minimum Gasteiger partial charge on any atom is -0.297 e. The molecule has 1 saturated heterocycles. The maximum Gasteiger partial charge on any atom is 0.00949 e. The van der Waals surface area contributed by atoms with Crippen LogP contribution in [-0.2, 0) is 0 Å². The van der Waals surface area contributed by atoms with E-state index < -0.39 is 0 Å². The van der Waals surface area contributed by atoms with Crippen LogP contribution in [0, 0.1) is 5.41 Å². The van der Waals surface area contributed by atoms with E-state index in [0.29, 0.717) is 5.41 Å². The molecule has 0 radical (unpaired) electrons. The van der Waals surface area contributed by atoms with Crippen molar-refractivity contribution in [2.24, 2.45) is 5.41 Å². The largest absolute Gasteiger partial charge is 0.297 e. The molecule has 2 heteroatoms. The van der Waals surface area contributed by atoms with Gasteiger partial charge in [0, 0.05) is 24.0 Å². The maximum absolute atomic E-state index is 3.61. The van der Waals surface area contributed by atoms with Gasteiger partial charge in [0.05, 0.1) is 0 Å². The number of nitrogens with zero attached hydrogens (tertiary/aromatic N) is 1. The fourth-order valence-corrected chi connectivity index (χ4v) is 2.50. The van der Waals surface area contributed by atoms with Gasteiger partial charge in [0.2, 0.25) is 0 Å². The van der Waals surface area contributed by atoms with Crippen molar-refractivity contribution < 1.29 is 0 Å². The van der Waals surface area contributed by atoms with Crippen molar-refractivity contribution in [3.63, 3.8) is 0 Å². The summed E-state index contributed by atoms with van der Waals surface area (Å²) < 4.78 is 0. The number of likely N-dealkylation sites (tertiary alicyclic amines) is 1. The highest BCUT2D eigenvalue weighted by Gasteiger charge is 2.29. The van der Waals surface area contributed by atoms with Crippen molar-refractivity contribution >= 4 is 15.9 Å². The van der Waals surface area contributed by atoms with Gasteiger partial charge in [-0.15, -0.1) is 0 Å². The second-order valence-electron chi connectivity index (χ2n) is 5.60. The minimum atomic E-state index is 0.403. The zero-order valence-corrected chi connectivity index (χ0v) is 11.6. The number of rotatable bonds is 3. The van der Waals surface area contributed by atoms with E-state index >= 15 is 0 Å². The molecule has 0 aromatic carbocycles. The number of alkyl halides is 1. The quantitative estimate of drug-likeness (QED) is 0.701. The number of halogens is 1. The third-order valence-corrected chi connectivity index (χ3v) is 4.87. The molecular weight excluding hydrogens is 238 g/mol. The molecule has 0 saturated carbocycles. The molecule has 0 bridgehead atoms. The van der Waals surface area contributed by atoms with Crippen LogP contribution in [0.25, 0.3) is 0 Å². The predicted molar refractivity (Wildman–Crippen MR) is 67.1 cm³/mol. The third kappa shape index (κ3) is 3.23. The molecule has 1 rings (SSSR count). The zero-order valence-electron chi connectivity index (χ0n) is 10.0. The van der Waals surface area contributed by atoms with Crippen LogP contribution >= 0.6 is 15.9 Å². The van der Waals surface area contributed by atoms with E-state index in [1.165, 1.54) is 25.8 Å². The Kier molecular flexibility index (Phi) is 4.45. The van der Waals surface area contributed by atoms with Gasteiger partial charge in [0.25, 0.3) is 0 Å². The summed E-state index contributed by atoms with van der Waals surface area (Å²) in [5.74, 6) is 0. The Labute approximate surface area is 97.4 Å². The average molecular weight is 262 g/mol. The Balaban J connectivity index is 2.56. The lowest BCUT2D eigenvalue weighted by molar-refractivity contribution is 0.0680. The highest BCUT2D eigenvalue weighted by molar-refractivity contribution is 9.09. The van der Waals surface area contributed by atoms with Crippen LogP contribution in [0.1, 0.15) is 47.0 Å². The smallest absolute Gasteiger partial charge is 0.00949 e. The van der Waals surface area contributed by atoms with Gasteiger partial charge in [-0.1, -0.05) is 36.2 Å². The summed E-state index contributed by atoms with van der Waals surface area (Å²) in [6.45, 7) is 10.7. The third-order valence-electron chi connectivity index (χ3n) is 3.35. The highest BCUT2D eigenvalue weighted by atomic mass is 79.9. The lowest BCUT2D eigenvalue weighted by atomic mass is 9.90. The molecule has 2 atom stereocenters. The number of piperidine rings is 1. The fraction of sp³-hybridized carbons (Fsp3) is 1.00. The first-order chi connectivity index (χ1) is 6.46. The lowest BCUT2D eigenvalue weighted by Crippen LogP contribution is -2.48. The standard InChI is InChI=1S/C12H24BrN/c1-10-6-5-7-11(2)14(10)9-12(3,4)8-13/h10-11H,5-9H2,1-4H3. The number of hydrogen-bond acceptors (Lipinski definition) is 1. The summed E-state index contributed by atoms with van der Waals surface area (Å²) >= 11 is 3.61. The molecule has 1 nitrogen and oxygen atoms in total. The first-order valence-corrected chi connectivity index (χ1v) is 6.90. The van der Waals surface area contributed by atoms with Gasteiger partial charge >= 0.3 is 0 Å². The van der Waals surface area contributed by atoms with E-state index in [1.807, 2.05) is 0 Å². The molecule has 1 fully saturated rings. The van der Waals surface area contributed by atoms with Crippen molar-refractivity contribution in [3.8, 4) is 0 Å². The molecular formula is C12H24BrN. The average Bonchev–Trinajstić information content (AvgIpc) is 2.12. The van der Waals surface area contributed by atoms with Crippen molar-refractivity contribution in [2.45, 2.75) is 59.0 Å². The van der Waals surface area contributed by atoms with Crippen molar-refractivity contribution in [1.82, 2.24) is 4.90 Å². The van der Waals surface area contributed by atoms with Crippen molar-refractivity contribution in [2.75, 3.05) is 11.9 Å². The fourth-order valence-electron chi connectivity index (χ4n) is 2.32. The first kappa shape index (κ1) is 12.5. The Bertz CT molecular complexity index is 169. The Hall–Kier alpha value is 0.440. The predicted octanol–water partition coefficient (Wildman–Crippen LogP) is 3.67. The molecule has 0 aliphatic carbocycles. The normalized spacial score (nSPS) is 30.6. The molecule has 14 heavy (non-hydrogen) atoms. The van der Waals surface area contributed by atoms with Gasteiger partial charge in [-0.25, -0.2) is 0 Å². The second kappa shape index (κ2) is 4.98. The topological polar surface area (TPSA) is 3.24 Å². The zero-order chi connectivity index (χ0) is 10.8. The van der Waals surface area contributed by atoms with Crippen LogP contribution in [-0.4, -0.2) is 28.9 Å². The van der Waals surface area contributed by atoms with Gasteiger partial charge in [-0.3, -0.25) is 4.90 Å². The summed E-state index contributed by atoms with van der Waals surface area (Å²) in [6, 6.07) is 1.55. The highest BCUT2D eigenvalue weighted by Crippen LogP contribution is 2.28. The van der Waals surface area contributed by atoms with E-state index in [1.54, 1.807) is 0 Å². The molecule has 1 heterocycles. The summed E-state index contributed by atoms with van der Waals surface area (Å²) in [5.41, 5.74) is 0.403. The Morgan fingerprint density at radius 3 is 2.14 bits per heavy atom. The molecule has 0 aromatic rings. The molecule has 1 aliphatic heterocycles. The molecule has 0 amide bonds. The molecule has 0 N–H and O–H groups in total. The molecule has 0 spiro atoms. The van der Waals surface area contributed by atoms with E-state index in [0.717, 1.165) is 17.4 Å². The van der Waals surface area contributed by atoms with Gasteiger partial charge in [0.1, 0.15) is 0 Å². The van der Waals surface area contributed by atoms with Crippen LogP contribution in [0.15, 0.2) is 0 Å². The number of hydrogen-bond donors (Lipinski definition) is 0. The minimum absolute atomic E-state index is 0.403. The van der Waals surface area contributed by atoms with E-state index in [9.17, 15) is 0 Å². The molecule has 2 unspecified atom stereocenters. The van der Waals surface area contributed by atoms with Crippen LogP contribution in [0.2, 0.25) is 0 Å². The van der Waals surface area contributed by atoms with Gasteiger partial charge in [0.15, 0.2) is 0 Å². The molecule has 1 aliphatic rings. The monoisotopic (exact) mass is 261 g/mol. The van der Waals surface area contributed by atoms with Crippen molar-refractivity contribution in [3.05, 3.63) is 0 Å². The van der Waals surface area contributed by atoms with Crippen LogP contribution < -0.4 is 0 Å².